The van der Waals surface area contributed by atoms with Crippen LogP contribution in [0, 0.1) is 0 Å². The van der Waals surface area contributed by atoms with E-state index in [0.29, 0.717) is 0 Å². The minimum Gasteiger partial charge on any atom is -0.457 e. The third kappa shape index (κ3) is 5.37. The Morgan fingerprint density at radius 1 is 1.29 bits per heavy atom. The first-order valence-electron chi connectivity index (χ1n) is 5.96. The molecule has 0 aromatic carbocycles. The topological polar surface area (TPSA) is 56.3 Å². The molecule has 0 aliphatic rings. The number of carbonyl (C=O) groups excluding carboxylic acids is 2. The fraction of sp³-hybridized carbons (Fsp3) is 0.357. The third-order valence-corrected chi connectivity index (χ3v) is 2.18. The Bertz CT molecular complexity index is 572. The number of carbonyl (C=O) groups is 2. The molecule has 1 rings (SSSR count). The van der Waals surface area contributed by atoms with Crippen LogP contribution in [0.3, 0.4) is 0 Å². The van der Waals surface area contributed by atoms with Gasteiger partial charge in [-0.15, -0.1) is 0 Å². The molecule has 21 heavy (non-hydrogen) atoms. The van der Waals surface area contributed by atoms with Gasteiger partial charge in [0.15, 0.2) is 6.29 Å². The van der Waals surface area contributed by atoms with E-state index in [1.807, 2.05) is 0 Å². The monoisotopic (exact) mass is 301 g/mol. The van der Waals surface area contributed by atoms with Gasteiger partial charge in [-0.1, -0.05) is 0 Å². The summed E-state index contributed by atoms with van der Waals surface area (Å²) in [5.74, 6) is -0.685. The van der Waals surface area contributed by atoms with Crippen molar-refractivity contribution in [2.75, 3.05) is 0 Å². The number of hydrogen-bond acceptors (Lipinski definition) is 4. The lowest BCUT2D eigenvalue weighted by atomic mass is 10.1. The van der Waals surface area contributed by atoms with Crippen molar-refractivity contribution in [3.8, 4) is 0 Å². The summed E-state index contributed by atoms with van der Waals surface area (Å²) in [5.41, 5.74) is -2.50. The SMILES string of the molecule is CC(C)(C)OC(=O)/C=C/c1cnc(C=O)c(C(F)(F)F)c1. The predicted molar refractivity (Wildman–Crippen MR) is 69.5 cm³/mol. The molecule has 0 N–H and O–H groups in total. The number of alkyl halides is 3. The molecule has 114 valence electrons. The lowest BCUT2D eigenvalue weighted by molar-refractivity contribution is -0.148. The lowest BCUT2D eigenvalue weighted by Crippen LogP contribution is -2.22. The minimum absolute atomic E-state index is 0.0319. The van der Waals surface area contributed by atoms with Gasteiger partial charge in [-0.3, -0.25) is 9.78 Å². The molecule has 0 saturated carbocycles. The zero-order valence-electron chi connectivity index (χ0n) is 11.7. The summed E-state index contributed by atoms with van der Waals surface area (Å²) in [6, 6.07) is 0.748. The van der Waals surface area contributed by atoms with E-state index in [1.165, 1.54) is 0 Å². The van der Waals surface area contributed by atoms with Crippen molar-refractivity contribution in [1.82, 2.24) is 4.98 Å². The standard InChI is InChI=1S/C14H14F3NO3/c1-13(2,3)21-12(20)5-4-9-6-10(14(15,16)17)11(8-19)18-7-9/h4-8H,1-3H3/b5-4+. The van der Waals surface area contributed by atoms with Crippen molar-refractivity contribution in [3.05, 3.63) is 35.2 Å². The molecule has 1 aromatic heterocycles. The Balaban J connectivity index is 3.01. The van der Waals surface area contributed by atoms with Crippen LogP contribution < -0.4 is 0 Å². The van der Waals surface area contributed by atoms with Gasteiger partial charge in [-0.2, -0.15) is 13.2 Å². The number of hydrogen-bond donors (Lipinski definition) is 0. The largest absolute Gasteiger partial charge is 0.457 e. The number of aldehydes is 1. The molecule has 0 aliphatic heterocycles. The Morgan fingerprint density at radius 3 is 2.38 bits per heavy atom. The highest BCUT2D eigenvalue weighted by Crippen LogP contribution is 2.31. The number of halogens is 3. The van der Waals surface area contributed by atoms with Crippen molar-refractivity contribution in [2.45, 2.75) is 32.5 Å². The number of nitrogens with zero attached hydrogens (tertiary/aromatic N) is 1. The second kappa shape index (κ2) is 6.07. The molecule has 0 aliphatic carbocycles. The molecular weight excluding hydrogens is 287 g/mol. The van der Waals surface area contributed by atoms with Gasteiger partial charge in [0.2, 0.25) is 0 Å². The molecular formula is C14H14F3NO3. The maximum atomic E-state index is 12.7. The van der Waals surface area contributed by atoms with Gasteiger partial charge in [0, 0.05) is 12.3 Å². The first kappa shape index (κ1) is 16.9. The fourth-order valence-corrected chi connectivity index (χ4v) is 1.40. The van der Waals surface area contributed by atoms with Gasteiger partial charge in [0.1, 0.15) is 11.3 Å². The highest BCUT2D eigenvalue weighted by molar-refractivity contribution is 5.87. The summed E-state index contributed by atoms with van der Waals surface area (Å²) in [5, 5.41) is 0. The minimum atomic E-state index is -4.70. The van der Waals surface area contributed by atoms with Crippen LogP contribution in [0.25, 0.3) is 6.08 Å². The van der Waals surface area contributed by atoms with Crippen molar-refractivity contribution in [2.24, 2.45) is 0 Å². The van der Waals surface area contributed by atoms with E-state index in [9.17, 15) is 22.8 Å². The van der Waals surface area contributed by atoms with Crippen LogP contribution in [0.15, 0.2) is 18.3 Å². The normalized spacial score (nSPS) is 12.5. The molecule has 0 atom stereocenters. The predicted octanol–water partition coefficient (Wildman–Crippen LogP) is 3.27. The van der Waals surface area contributed by atoms with Crippen molar-refractivity contribution >= 4 is 18.3 Å². The molecule has 1 aromatic rings. The molecule has 0 radical (unpaired) electrons. The molecule has 0 spiro atoms. The Morgan fingerprint density at radius 2 is 1.90 bits per heavy atom. The van der Waals surface area contributed by atoms with Crippen LogP contribution in [0.5, 0.6) is 0 Å². The maximum Gasteiger partial charge on any atom is 0.418 e. The summed E-state index contributed by atoms with van der Waals surface area (Å²) in [6.45, 7) is 5.00. The zero-order chi connectivity index (χ0) is 16.3. The van der Waals surface area contributed by atoms with Gasteiger partial charge in [-0.05, 0) is 38.5 Å². The molecule has 0 bridgehead atoms. The Labute approximate surface area is 119 Å². The highest BCUT2D eigenvalue weighted by Gasteiger charge is 2.34. The molecule has 0 amide bonds. The second-order valence-electron chi connectivity index (χ2n) is 5.18. The fourth-order valence-electron chi connectivity index (χ4n) is 1.40. The van der Waals surface area contributed by atoms with E-state index >= 15 is 0 Å². The highest BCUT2D eigenvalue weighted by atomic mass is 19.4. The van der Waals surface area contributed by atoms with Gasteiger partial charge in [-0.25, -0.2) is 4.79 Å². The van der Waals surface area contributed by atoms with E-state index in [1.54, 1.807) is 20.8 Å². The van der Waals surface area contributed by atoms with Crippen LogP contribution in [-0.4, -0.2) is 22.8 Å². The van der Waals surface area contributed by atoms with Gasteiger partial charge >= 0.3 is 12.1 Å². The molecule has 0 saturated heterocycles. The third-order valence-electron chi connectivity index (χ3n) is 2.18. The van der Waals surface area contributed by atoms with E-state index in [2.05, 4.69) is 4.98 Å². The van der Waals surface area contributed by atoms with Crippen molar-refractivity contribution < 1.29 is 27.5 Å². The number of rotatable bonds is 3. The summed E-state index contributed by atoms with van der Waals surface area (Å²) >= 11 is 0. The van der Waals surface area contributed by atoms with Crippen LogP contribution in [0.2, 0.25) is 0 Å². The zero-order valence-corrected chi connectivity index (χ0v) is 11.7. The average molecular weight is 301 g/mol. The van der Waals surface area contributed by atoms with Crippen LogP contribution >= 0.6 is 0 Å². The molecule has 4 nitrogen and oxygen atoms in total. The Kier molecular flexibility index (Phi) is 4.88. The molecule has 0 fully saturated rings. The van der Waals surface area contributed by atoms with Gasteiger partial charge < -0.3 is 4.74 Å². The van der Waals surface area contributed by atoms with E-state index < -0.39 is 29.0 Å². The van der Waals surface area contributed by atoms with Gasteiger partial charge in [0.05, 0.1) is 5.56 Å². The number of pyridine rings is 1. The van der Waals surface area contributed by atoms with Crippen LogP contribution in [-0.2, 0) is 15.7 Å². The van der Waals surface area contributed by atoms with Crippen LogP contribution in [0.1, 0.15) is 42.4 Å². The van der Waals surface area contributed by atoms with E-state index in [0.717, 1.165) is 24.4 Å². The smallest absolute Gasteiger partial charge is 0.418 e. The maximum absolute atomic E-state index is 12.7. The lowest BCUT2D eigenvalue weighted by Gasteiger charge is -2.17. The first-order valence-corrected chi connectivity index (χ1v) is 5.96. The summed E-state index contributed by atoms with van der Waals surface area (Å²) in [7, 11) is 0. The van der Waals surface area contributed by atoms with E-state index in [4.69, 9.17) is 4.74 Å². The Hall–Kier alpha value is -2.18. The van der Waals surface area contributed by atoms with Crippen molar-refractivity contribution in [3.63, 3.8) is 0 Å². The number of esters is 1. The quantitative estimate of drug-likeness (QED) is 0.488. The summed E-state index contributed by atoms with van der Waals surface area (Å²) < 4.78 is 43.1. The number of aromatic nitrogens is 1. The number of ether oxygens (including phenoxy) is 1. The molecule has 7 heteroatoms. The second-order valence-corrected chi connectivity index (χ2v) is 5.18. The average Bonchev–Trinajstić information content (AvgIpc) is 2.33. The van der Waals surface area contributed by atoms with E-state index in [-0.39, 0.29) is 11.8 Å². The first-order chi connectivity index (χ1) is 9.53. The van der Waals surface area contributed by atoms with Crippen molar-refractivity contribution in [1.29, 1.82) is 0 Å². The molecule has 1 heterocycles. The summed E-state index contributed by atoms with van der Waals surface area (Å²) in [6.07, 6.45) is -1.45. The molecule has 0 unspecified atom stereocenters. The van der Waals surface area contributed by atoms with Gasteiger partial charge in [0.25, 0.3) is 0 Å². The summed E-state index contributed by atoms with van der Waals surface area (Å²) in [4.78, 5) is 25.4. The van der Waals surface area contributed by atoms with Crippen LogP contribution in [0.4, 0.5) is 13.2 Å².